The molecule has 4 aromatic carbocycles. The Bertz CT molecular complexity index is 972. The van der Waals surface area contributed by atoms with Crippen LogP contribution in [0.1, 0.15) is 138 Å². The van der Waals surface area contributed by atoms with Crippen LogP contribution in [-0.4, -0.2) is 38.0 Å². The van der Waals surface area contributed by atoms with Crippen molar-refractivity contribution in [2.24, 2.45) is 11.5 Å². The molecular weight excluding hydrogens is 801 g/mol. The smallest absolute Gasteiger partial charge is 0.194 e. The second-order valence-corrected chi connectivity index (χ2v) is 7.54. The Balaban J connectivity index is -0.0000000278. The minimum absolute atomic E-state index is 0. The van der Waals surface area contributed by atoms with Crippen LogP contribution in [-0.2, 0) is 0 Å². The van der Waals surface area contributed by atoms with Gasteiger partial charge in [0.2, 0.25) is 0 Å². The Hall–Kier alpha value is -6.44. The summed E-state index contributed by atoms with van der Waals surface area (Å²) in [6, 6.07) is 55.7. The van der Waals surface area contributed by atoms with Crippen molar-refractivity contribution in [2.75, 3.05) is 28.2 Å². The zero-order valence-electron chi connectivity index (χ0n) is 40.2. The van der Waals surface area contributed by atoms with Crippen LogP contribution in [0.4, 0.5) is 0 Å². The molecule has 0 aliphatic rings. The average molecular weight is 901 g/mol. The molecule has 0 aliphatic carbocycles. The minimum atomic E-state index is -0.500. The van der Waals surface area contributed by atoms with E-state index in [9.17, 15) is 0 Å². The molecule has 0 fully saturated rings. The number of rotatable bonds is 0. The Morgan fingerprint density at radius 3 is 0.375 bits per heavy atom. The van der Waals surface area contributed by atoms with Gasteiger partial charge in [-0.1, -0.05) is 258 Å². The van der Waals surface area contributed by atoms with E-state index < -0.39 is 9.85 Å². The molecule has 12 heteroatoms. The Morgan fingerprint density at radius 1 is 0.328 bits per heavy atom. The molecule has 4 N–H and O–H groups in total. The molecule has 0 heterocycles. The summed E-state index contributed by atoms with van der Waals surface area (Å²) in [4.78, 5) is 16.6. The van der Waals surface area contributed by atoms with Gasteiger partial charge in [0.1, 0.15) is 0 Å². The number of hydrogen-bond donors (Lipinski definition) is 2. The van der Waals surface area contributed by atoms with Gasteiger partial charge >= 0.3 is 0 Å². The third kappa shape index (κ3) is 356. The molecule has 0 atom stereocenters. The molecule has 4 rings (SSSR count). The molecule has 0 amide bonds. The van der Waals surface area contributed by atoms with E-state index in [-0.39, 0.29) is 29.7 Å². The summed E-state index contributed by atoms with van der Waals surface area (Å²) in [5, 5.41) is 48.1. The molecule has 0 aromatic heterocycles. The van der Waals surface area contributed by atoms with Crippen molar-refractivity contribution in [1.82, 2.24) is 0 Å². The van der Waals surface area contributed by atoms with Crippen LogP contribution in [0.3, 0.4) is 0 Å². The normalized spacial score (nSPS) is 5.59. The van der Waals surface area contributed by atoms with Gasteiger partial charge in [-0.25, -0.2) is 0 Å². The first-order valence-electron chi connectivity index (χ1n) is 19.9. The first kappa shape index (κ1) is 107. The van der Waals surface area contributed by atoms with Crippen molar-refractivity contribution in [3.8, 4) is 24.3 Å². The predicted octanol–water partition coefficient (Wildman–Crippen LogP) is 16.0. The van der Waals surface area contributed by atoms with Crippen LogP contribution in [0.2, 0.25) is 0 Å². The molecule has 0 spiro atoms. The summed E-state index contributed by atoms with van der Waals surface area (Å²) < 4.78 is 0. The van der Waals surface area contributed by atoms with E-state index in [1.807, 2.05) is 253 Å². The Kier molecular flexibility index (Phi) is 292. The third-order valence-electron chi connectivity index (χ3n) is 3.30. The Morgan fingerprint density at radius 2 is 0.359 bits per heavy atom. The number of nitrogens with zero attached hydrogens (tertiary/aromatic N) is 6. The SMILES string of the molecule is C.C.C.C.CC.CC.CC.CC.CCC#N.CCC#N.CCC#N.CCC#N.CN.CN.C[N+](=O)[O-].C[N+](=O)[O-].c1ccccc1.c1ccccc1.c1ccccc1.c1ccccc1. The fraction of sp³-hybridized carbons (Fsp3) is 0.462. The van der Waals surface area contributed by atoms with Crippen LogP contribution in [0, 0.1) is 65.6 Å². The van der Waals surface area contributed by atoms with Crippen molar-refractivity contribution >= 4 is 0 Å². The number of nitro groups is 2. The van der Waals surface area contributed by atoms with E-state index in [1.54, 1.807) is 0 Å². The van der Waals surface area contributed by atoms with Crippen molar-refractivity contribution in [3.63, 3.8) is 0 Å². The maximum Gasteiger partial charge on any atom is 0.194 e. The van der Waals surface area contributed by atoms with Gasteiger partial charge in [0.25, 0.3) is 0 Å². The van der Waals surface area contributed by atoms with E-state index in [4.69, 9.17) is 41.3 Å². The molecular formula is C52H100N8O4. The fourth-order valence-corrected chi connectivity index (χ4v) is 1.54. The number of benzene rings is 4. The van der Waals surface area contributed by atoms with E-state index in [0.717, 1.165) is 14.1 Å². The summed E-state index contributed by atoms with van der Waals surface area (Å²) in [6.07, 6.45) is 2.50. The number of hydrogen-bond acceptors (Lipinski definition) is 10. The molecule has 0 radical (unpaired) electrons. The molecule has 4 aromatic rings. The van der Waals surface area contributed by atoms with Gasteiger partial charge in [-0.05, 0) is 14.1 Å². The zero-order chi connectivity index (χ0) is 49.8. The molecule has 372 valence electrons. The van der Waals surface area contributed by atoms with Crippen LogP contribution < -0.4 is 11.5 Å². The topological polar surface area (TPSA) is 233 Å². The van der Waals surface area contributed by atoms with Crippen molar-refractivity contribution < 1.29 is 9.85 Å². The molecule has 0 unspecified atom stereocenters. The quantitative estimate of drug-likeness (QED) is 0.125. The lowest BCUT2D eigenvalue weighted by Gasteiger charge is -1.69. The predicted molar refractivity (Wildman–Crippen MR) is 288 cm³/mol. The van der Waals surface area contributed by atoms with Gasteiger partial charge in [-0.2, -0.15) is 21.0 Å². The first-order chi connectivity index (χ1) is 29.1. The fourth-order valence-electron chi connectivity index (χ4n) is 1.54. The standard InChI is InChI=1S/4C6H6.4C3H5N.4C2H6.2CH3NO2.2CH5N.4CH4/c4*1-2-4-6-5-3-1;4*1-2-3-4;4*1-2;2*1-2(3)4;2*1-2;;;;/h4*1-6H;4*2H2,1H3;4*1-2H3;2*1H3;2*2H2,1H3;4*1H4. The summed E-state index contributed by atoms with van der Waals surface area (Å²) in [5.74, 6) is 0. The highest BCUT2D eigenvalue weighted by molar-refractivity contribution is 5.01. The van der Waals surface area contributed by atoms with Crippen molar-refractivity contribution in [3.05, 3.63) is 166 Å². The number of nitriles is 4. The lowest BCUT2D eigenvalue weighted by atomic mass is 10.4. The van der Waals surface area contributed by atoms with Crippen molar-refractivity contribution in [1.29, 1.82) is 21.0 Å². The van der Waals surface area contributed by atoms with Gasteiger partial charge < -0.3 is 11.5 Å². The highest BCUT2D eigenvalue weighted by Crippen LogP contribution is 1.81. The molecule has 0 saturated heterocycles. The molecule has 0 aliphatic heterocycles. The van der Waals surface area contributed by atoms with E-state index in [1.165, 1.54) is 14.1 Å². The van der Waals surface area contributed by atoms with Gasteiger partial charge in [-0.3, -0.25) is 20.2 Å². The summed E-state index contributed by atoms with van der Waals surface area (Å²) in [5.41, 5.74) is 9.00. The maximum absolute atomic E-state index is 8.81. The zero-order valence-corrected chi connectivity index (χ0v) is 40.2. The van der Waals surface area contributed by atoms with Gasteiger partial charge in [0.15, 0.2) is 14.1 Å². The van der Waals surface area contributed by atoms with Gasteiger partial charge in [-0.15, -0.1) is 0 Å². The average Bonchev–Trinajstić information content (AvgIpc) is 3.35. The minimum Gasteiger partial charge on any atom is -0.333 e. The second kappa shape index (κ2) is 175. The maximum atomic E-state index is 8.81. The number of nitrogens with two attached hydrogens (primary N) is 2. The summed E-state index contributed by atoms with van der Waals surface area (Å²) in [6.45, 7) is 23.3. The lowest BCUT2D eigenvalue weighted by Crippen LogP contribution is -1.79. The van der Waals surface area contributed by atoms with Crippen LogP contribution in [0.25, 0.3) is 0 Å². The van der Waals surface area contributed by atoms with E-state index in [0.29, 0.717) is 25.7 Å². The van der Waals surface area contributed by atoms with E-state index >= 15 is 0 Å². The van der Waals surface area contributed by atoms with E-state index in [2.05, 4.69) is 11.5 Å². The van der Waals surface area contributed by atoms with Crippen LogP contribution in [0.5, 0.6) is 0 Å². The summed E-state index contributed by atoms with van der Waals surface area (Å²) in [7, 11) is 4.78. The van der Waals surface area contributed by atoms with Gasteiger partial charge in [0, 0.05) is 35.5 Å². The highest BCUT2D eigenvalue weighted by atomic mass is 16.6. The molecule has 12 nitrogen and oxygen atoms in total. The Labute approximate surface area is 397 Å². The molecule has 0 bridgehead atoms. The summed E-state index contributed by atoms with van der Waals surface area (Å²) >= 11 is 0. The third-order valence-corrected chi connectivity index (χ3v) is 3.30. The lowest BCUT2D eigenvalue weighted by molar-refractivity contribution is -0.445. The largest absolute Gasteiger partial charge is 0.333 e. The monoisotopic (exact) mass is 901 g/mol. The van der Waals surface area contributed by atoms with Gasteiger partial charge in [0.05, 0.1) is 24.3 Å². The molecule has 64 heavy (non-hydrogen) atoms. The first-order valence-corrected chi connectivity index (χ1v) is 19.9. The van der Waals surface area contributed by atoms with Crippen LogP contribution >= 0.6 is 0 Å². The van der Waals surface area contributed by atoms with Crippen molar-refractivity contribution in [2.45, 2.75) is 138 Å². The van der Waals surface area contributed by atoms with Crippen LogP contribution in [0.15, 0.2) is 146 Å². The highest BCUT2D eigenvalue weighted by Gasteiger charge is 1.60. The second-order valence-electron chi connectivity index (χ2n) is 7.54. The molecule has 0 saturated carbocycles.